The van der Waals surface area contributed by atoms with Crippen LogP contribution in [0.1, 0.15) is 37.0 Å². The third kappa shape index (κ3) is 5.97. The molecular weight excluding hydrogens is 496 g/mol. The molecule has 1 saturated heterocycles. The largest absolute Gasteiger partial charge is 0.352 e. The Kier molecular flexibility index (Phi) is 7.27. The van der Waals surface area contributed by atoms with Crippen molar-refractivity contribution >= 4 is 56.5 Å². The average Bonchev–Trinajstić information content (AvgIpc) is 3.05. The number of anilines is 2. The number of hydrogen-bond acceptors (Lipinski definition) is 4. The zero-order valence-corrected chi connectivity index (χ0v) is 20.5. The standard InChI is InChI=1S/C20H24Cl2FN5O4S/c1-20(2,3)14-10-13(26-19(30)25-12-5-4-11(23)15(21)16(12)22)17(27-14)18(29)28-7-6-24-33(31,32)9-8-28/h4-5,10,24,27H,6-9H2,1-3H3,(H2,25,26,30). The molecule has 3 amide bonds. The lowest BCUT2D eigenvalue weighted by Gasteiger charge is -2.20. The van der Waals surface area contributed by atoms with E-state index >= 15 is 0 Å². The molecule has 1 aromatic heterocycles. The first-order valence-electron chi connectivity index (χ1n) is 10.00. The van der Waals surface area contributed by atoms with E-state index in [4.69, 9.17) is 23.2 Å². The van der Waals surface area contributed by atoms with Gasteiger partial charge in [-0.15, -0.1) is 0 Å². The minimum absolute atomic E-state index is 0.00730. The van der Waals surface area contributed by atoms with E-state index in [-0.39, 0.29) is 57.9 Å². The van der Waals surface area contributed by atoms with Crippen LogP contribution in [0, 0.1) is 5.82 Å². The van der Waals surface area contributed by atoms with Gasteiger partial charge in [-0.3, -0.25) is 4.79 Å². The summed E-state index contributed by atoms with van der Waals surface area (Å²) in [6.07, 6.45) is 0. The summed E-state index contributed by atoms with van der Waals surface area (Å²) in [6.45, 7) is 6.07. The second kappa shape index (κ2) is 9.49. The molecule has 33 heavy (non-hydrogen) atoms. The van der Waals surface area contributed by atoms with E-state index in [0.717, 1.165) is 6.07 Å². The summed E-state index contributed by atoms with van der Waals surface area (Å²) in [6, 6.07) is 3.23. The van der Waals surface area contributed by atoms with Crippen LogP contribution in [-0.4, -0.2) is 55.6 Å². The van der Waals surface area contributed by atoms with Gasteiger partial charge in [0.15, 0.2) is 0 Å². The number of H-pyrrole nitrogens is 1. The van der Waals surface area contributed by atoms with Crippen LogP contribution in [-0.2, 0) is 15.4 Å². The maximum Gasteiger partial charge on any atom is 0.323 e. The highest BCUT2D eigenvalue weighted by atomic mass is 35.5. The van der Waals surface area contributed by atoms with Gasteiger partial charge in [0.2, 0.25) is 10.0 Å². The third-order valence-electron chi connectivity index (χ3n) is 4.99. The fourth-order valence-electron chi connectivity index (χ4n) is 3.14. The van der Waals surface area contributed by atoms with E-state index in [1.165, 1.54) is 11.0 Å². The van der Waals surface area contributed by atoms with Crippen molar-refractivity contribution in [2.75, 3.05) is 36.0 Å². The van der Waals surface area contributed by atoms with Gasteiger partial charge in [0.05, 0.1) is 27.2 Å². The van der Waals surface area contributed by atoms with E-state index in [1.54, 1.807) is 6.07 Å². The van der Waals surface area contributed by atoms with E-state index in [9.17, 15) is 22.4 Å². The molecule has 1 aliphatic rings. The van der Waals surface area contributed by atoms with Crippen LogP contribution in [0.2, 0.25) is 10.0 Å². The Balaban J connectivity index is 1.87. The molecule has 0 unspecified atom stereocenters. The van der Waals surface area contributed by atoms with Crippen LogP contribution in [0.15, 0.2) is 18.2 Å². The van der Waals surface area contributed by atoms with Crippen LogP contribution >= 0.6 is 23.2 Å². The molecular formula is C20H24Cl2FN5O4S. The van der Waals surface area contributed by atoms with Gasteiger partial charge in [0.25, 0.3) is 5.91 Å². The molecule has 0 atom stereocenters. The molecule has 0 radical (unpaired) electrons. The summed E-state index contributed by atoms with van der Waals surface area (Å²) >= 11 is 11.8. The highest BCUT2D eigenvalue weighted by Gasteiger charge is 2.28. The number of amides is 3. The smallest absolute Gasteiger partial charge is 0.323 e. The van der Waals surface area contributed by atoms with Gasteiger partial charge in [0.1, 0.15) is 11.5 Å². The maximum absolute atomic E-state index is 13.5. The van der Waals surface area contributed by atoms with Gasteiger partial charge < -0.3 is 20.5 Å². The normalized spacial score (nSPS) is 16.2. The topological polar surface area (TPSA) is 123 Å². The minimum Gasteiger partial charge on any atom is -0.352 e. The lowest BCUT2D eigenvalue weighted by molar-refractivity contribution is 0.0767. The number of urea groups is 1. The number of carbonyl (C=O) groups excluding carboxylic acids is 2. The molecule has 4 N–H and O–H groups in total. The van der Waals surface area contributed by atoms with Crippen molar-refractivity contribution in [3.8, 4) is 0 Å². The predicted octanol–water partition coefficient (Wildman–Crippen LogP) is 3.78. The SMILES string of the molecule is CC(C)(C)c1cc(NC(=O)Nc2ccc(F)c(Cl)c2Cl)c(C(=O)N2CCNS(=O)(=O)CC2)[nH]1. The maximum atomic E-state index is 13.5. The van der Waals surface area contributed by atoms with Crippen molar-refractivity contribution in [3.05, 3.63) is 45.4 Å². The molecule has 0 saturated carbocycles. The molecule has 2 heterocycles. The summed E-state index contributed by atoms with van der Waals surface area (Å²) in [4.78, 5) is 30.3. The Labute approximate surface area is 201 Å². The van der Waals surface area contributed by atoms with Crippen molar-refractivity contribution in [1.29, 1.82) is 0 Å². The summed E-state index contributed by atoms with van der Waals surface area (Å²) in [5.41, 5.74) is 0.709. The molecule has 2 aromatic rings. The molecule has 180 valence electrons. The summed E-state index contributed by atoms with van der Waals surface area (Å²) in [7, 11) is -3.44. The van der Waals surface area contributed by atoms with E-state index in [1.807, 2.05) is 20.8 Å². The molecule has 9 nitrogen and oxygen atoms in total. The number of aromatic amines is 1. The molecule has 0 spiro atoms. The number of rotatable bonds is 3. The second-order valence-corrected chi connectivity index (χ2v) is 11.2. The molecule has 13 heteroatoms. The Morgan fingerprint density at radius 2 is 1.76 bits per heavy atom. The highest BCUT2D eigenvalue weighted by Crippen LogP contribution is 2.33. The molecule has 0 bridgehead atoms. The first-order chi connectivity index (χ1) is 15.3. The van der Waals surface area contributed by atoms with E-state index in [2.05, 4.69) is 20.3 Å². The number of aromatic nitrogens is 1. The number of halogens is 3. The van der Waals surface area contributed by atoms with Gasteiger partial charge in [-0.1, -0.05) is 44.0 Å². The number of sulfonamides is 1. The number of carbonyl (C=O) groups is 2. The Hall–Kier alpha value is -2.34. The van der Waals surface area contributed by atoms with Crippen molar-refractivity contribution in [2.45, 2.75) is 26.2 Å². The molecule has 1 aliphatic heterocycles. The zero-order chi connectivity index (χ0) is 24.6. The zero-order valence-electron chi connectivity index (χ0n) is 18.2. The first-order valence-corrected chi connectivity index (χ1v) is 12.4. The number of nitrogens with zero attached hydrogens (tertiary/aromatic N) is 1. The Bertz CT molecular complexity index is 1190. The lowest BCUT2D eigenvalue weighted by Crippen LogP contribution is -2.35. The third-order valence-corrected chi connectivity index (χ3v) is 7.21. The molecule has 0 aliphatic carbocycles. The van der Waals surface area contributed by atoms with Crippen LogP contribution in [0.4, 0.5) is 20.6 Å². The first kappa shape index (κ1) is 25.3. The van der Waals surface area contributed by atoms with Crippen LogP contribution in [0.25, 0.3) is 0 Å². The molecule has 3 rings (SSSR count). The average molecular weight is 520 g/mol. The quantitative estimate of drug-likeness (QED) is 0.460. The number of benzene rings is 1. The van der Waals surface area contributed by atoms with Crippen molar-refractivity contribution < 1.29 is 22.4 Å². The fourth-order valence-corrected chi connectivity index (χ4v) is 4.51. The summed E-state index contributed by atoms with van der Waals surface area (Å²) in [5, 5.41) is 4.60. The van der Waals surface area contributed by atoms with Gasteiger partial charge in [0, 0.05) is 30.7 Å². The second-order valence-electron chi connectivity index (χ2n) is 8.53. The van der Waals surface area contributed by atoms with Crippen molar-refractivity contribution in [3.63, 3.8) is 0 Å². The van der Waals surface area contributed by atoms with Gasteiger partial charge >= 0.3 is 6.03 Å². The van der Waals surface area contributed by atoms with Crippen LogP contribution < -0.4 is 15.4 Å². The Morgan fingerprint density at radius 3 is 2.42 bits per heavy atom. The highest BCUT2D eigenvalue weighted by molar-refractivity contribution is 7.89. The van der Waals surface area contributed by atoms with E-state index < -0.39 is 27.8 Å². The summed E-state index contributed by atoms with van der Waals surface area (Å²) in [5.74, 6) is -1.41. The number of nitrogens with one attached hydrogen (secondary N) is 4. The minimum atomic E-state index is -3.44. The lowest BCUT2D eigenvalue weighted by atomic mass is 9.92. The van der Waals surface area contributed by atoms with Gasteiger partial charge in [-0.2, -0.15) is 0 Å². The van der Waals surface area contributed by atoms with E-state index in [0.29, 0.717) is 5.69 Å². The predicted molar refractivity (Wildman–Crippen MR) is 126 cm³/mol. The molecule has 1 fully saturated rings. The van der Waals surface area contributed by atoms with Gasteiger partial charge in [-0.25, -0.2) is 22.3 Å². The van der Waals surface area contributed by atoms with Crippen LogP contribution in [0.3, 0.4) is 0 Å². The number of hydrogen-bond donors (Lipinski definition) is 4. The fraction of sp³-hybridized carbons (Fsp3) is 0.400. The summed E-state index contributed by atoms with van der Waals surface area (Å²) < 4.78 is 39.5. The van der Waals surface area contributed by atoms with Gasteiger partial charge in [-0.05, 0) is 18.2 Å². The van der Waals surface area contributed by atoms with Crippen molar-refractivity contribution in [2.24, 2.45) is 0 Å². The molecule has 1 aromatic carbocycles. The monoisotopic (exact) mass is 519 g/mol. The van der Waals surface area contributed by atoms with Crippen molar-refractivity contribution in [1.82, 2.24) is 14.6 Å². The van der Waals surface area contributed by atoms with Crippen LogP contribution in [0.5, 0.6) is 0 Å². The Morgan fingerprint density at radius 1 is 1.09 bits per heavy atom.